The zero-order valence-corrected chi connectivity index (χ0v) is 10.5. The number of ether oxygens (including phenoxy) is 2. The first-order chi connectivity index (χ1) is 8.84. The summed E-state index contributed by atoms with van der Waals surface area (Å²) in [4.78, 5) is 12.3. The van der Waals surface area contributed by atoms with Gasteiger partial charge in [-0.1, -0.05) is 6.07 Å². The van der Waals surface area contributed by atoms with Crippen molar-refractivity contribution in [3.05, 3.63) is 46.2 Å². The normalized spacial score (nSPS) is 13.3. The minimum Gasteiger partial charge on any atom is -0.486 e. The van der Waals surface area contributed by atoms with Gasteiger partial charge in [0.05, 0.1) is 5.56 Å². The summed E-state index contributed by atoms with van der Waals surface area (Å²) in [5.41, 5.74) is 1.65. The molecule has 2 heterocycles. The Balaban J connectivity index is 1.89. The lowest BCUT2D eigenvalue weighted by molar-refractivity contribution is 0.0982. The number of hydrogen-bond donors (Lipinski definition) is 0. The van der Waals surface area contributed by atoms with E-state index in [0.717, 1.165) is 5.56 Å². The molecule has 4 heteroatoms. The molecule has 0 saturated carbocycles. The third-order valence-electron chi connectivity index (χ3n) is 2.81. The average Bonchev–Trinajstić information content (AvgIpc) is 2.91. The van der Waals surface area contributed by atoms with Gasteiger partial charge in [0.25, 0.3) is 0 Å². The molecule has 0 aliphatic carbocycles. The smallest absolute Gasteiger partial charge is 0.172 e. The first-order valence-corrected chi connectivity index (χ1v) is 6.72. The Morgan fingerprint density at radius 1 is 1.22 bits per heavy atom. The molecule has 18 heavy (non-hydrogen) atoms. The largest absolute Gasteiger partial charge is 0.486 e. The molecule has 92 valence electrons. The maximum Gasteiger partial charge on any atom is 0.172 e. The van der Waals surface area contributed by atoms with Crippen LogP contribution in [0.5, 0.6) is 11.5 Å². The fourth-order valence-electron chi connectivity index (χ4n) is 1.97. The maximum absolute atomic E-state index is 12.3. The van der Waals surface area contributed by atoms with Crippen molar-refractivity contribution < 1.29 is 14.3 Å². The Bertz CT molecular complexity index is 560. The van der Waals surface area contributed by atoms with Gasteiger partial charge in [-0.25, -0.2) is 0 Å². The summed E-state index contributed by atoms with van der Waals surface area (Å²) in [7, 11) is 0. The van der Waals surface area contributed by atoms with Crippen molar-refractivity contribution in [2.45, 2.75) is 6.42 Å². The molecule has 1 aromatic carbocycles. The molecule has 0 fully saturated rings. The van der Waals surface area contributed by atoms with Crippen LogP contribution in [0.15, 0.2) is 35.0 Å². The Morgan fingerprint density at radius 2 is 2.11 bits per heavy atom. The van der Waals surface area contributed by atoms with Gasteiger partial charge in [0.15, 0.2) is 17.3 Å². The first-order valence-electron chi connectivity index (χ1n) is 5.77. The summed E-state index contributed by atoms with van der Waals surface area (Å²) in [5, 5.41) is 3.97. The number of carbonyl (C=O) groups excluding carboxylic acids is 1. The summed E-state index contributed by atoms with van der Waals surface area (Å²) in [6.45, 7) is 1.03. The lowest BCUT2D eigenvalue weighted by atomic mass is 10.0. The molecule has 0 amide bonds. The van der Waals surface area contributed by atoms with Crippen LogP contribution in [0.2, 0.25) is 0 Å². The predicted molar refractivity (Wildman–Crippen MR) is 69.8 cm³/mol. The zero-order chi connectivity index (χ0) is 12.4. The number of carbonyl (C=O) groups is 1. The van der Waals surface area contributed by atoms with Crippen molar-refractivity contribution in [3.8, 4) is 11.5 Å². The van der Waals surface area contributed by atoms with E-state index in [2.05, 4.69) is 0 Å². The van der Waals surface area contributed by atoms with Crippen molar-refractivity contribution >= 4 is 17.1 Å². The summed E-state index contributed by atoms with van der Waals surface area (Å²) < 4.78 is 11.0. The van der Waals surface area contributed by atoms with Crippen LogP contribution in [0, 0.1) is 0 Å². The van der Waals surface area contributed by atoms with Crippen LogP contribution >= 0.6 is 11.3 Å². The topological polar surface area (TPSA) is 35.5 Å². The molecule has 1 aliphatic rings. The fourth-order valence-corrected chi connectivity index (χ4v) is 2.64. The van der Waals surface area contributed by atoms with E-state index in [9.17, 15) is 4.79 Å². The van der Waals surface area contributed by atoms with Crippen LogP contribution in [0.4, 0.5) is 0 Å². The van der Waals surface area contributed by atoms with Gasteiger partial charge in [0.2, 0.25) is 0 Å². The molecule has 0 N–H and O–H groups in total. The molecule has 3 nitrogen and oxygen atoms in total. The highest BCUT2D eigenvalue weighted by Crippen LogP contribution is 2.34. The summed E-state index contributed by atoms with van der Waals surface area (Å²) in [5.74, 6) is 1.32. The molecule has 1 aliphatic heterocycles. The first kappa shape index (κ1) is 11.3. The van der Waals surface area contributed by atoms with Crippen LogP contribution < -0.4 is 9.47 Å². The van der Waals surface area contributed by atoms with Gasteiger partial charge < -0.3 is 9.47 Å². The standard InChI is InChI=1S/C14H12O3S/c15-12(8-10-4-7-18-9-10)11-2-1-3-13-14(11)17-6-5-16-13/h1-4,7,9H,5-6,8H2. The monoisotopic (exact) mass is 260 g/mol. The highest BCUT2D eigenvalue weighted by molar-refractivity contribution is 7.08. The van der Waals surface area contributed by atoms with Crippen LogP contribution in [0.1, 0.15) is 15.9 Å². The Morgan fingerprint density at radius 3 is 2.94 bits per heavy atom. The summed E-state index contributed by atoms with van der Waals surface area (Å²) in [6.07, 6.45) is 0.406. The third kappa shape index (κ3) is 2.11. The van der Waals surface area contributed by atoms with Crippen molar-refractivity contribution in [2.24, 2.45) is 0 Å². The highest BCUT2D eigenvalue weighted by Gasteiger charge is 2.20. The molecule has 2 aromatic rings. The Hall–Kier alpha value is -1.81. The van der Waals surface area contributed by atoms with E-state index in [1.165, 1.54) is 0 Å². The molecule has 0 atom stereocenters. The SMILES string of the molecule is O=C(Cc1ccsc1)c1cccc2c1OCCO2. The number of fused-ring (bicyclic) bond motifs is 1. The van der Waals surface area contributed by atoms with E-state index in [4.69, 9.17) is 9.47 Å². The molecule has 0 unspecified atom stereocenters. The van der Waals surface area contributed by atoms with Crippen molar-refractivity contribution in [1.29, 1.82) is 0 Å². The van der Waals surface area contributed by atoms with Crippen LogP contribution in [0.25, 0.3) is 0 Å². The van der Waals surface area contributed by atoms with Crippen LogP contribution in [-0.4, -0.2) is 19.0 Å². The van der Waals surface area contributed by atoms with E-state index in [1.54, 1.807) is 17.4 Å². The van der Waals surface area contributed by atoms with Crippen molar-refractivity contribution in [3.63, 3.8) is 0 Å². The van der Waals surface area contributed by atoms with Gasteiger partial charge in [-0.2, -0.15) is 11.3 Å². The number of ketones is 1. The molecule has 3 rings (SSSR count). The fraction of sp³-hybridized carbons (Fsp3) is 0.214. The zero-order valence-electron chi connectivity index (χ0n) is 9.72. The second-order valence-corrected chi connectivity index (χ2v) is 4.84. The second kappa shape index (κ2) is 4.82. The number of Topliss-reactive ketones (excluding diaryl/α,β-unsaturated/α-hetero) is 1. The molecular formula is C14H12O3S. The summed E-state index contributed by atoms with van der Waals surface area (Å²) >= 11 is 1.60. The summed E-state index contributed by atoms with van der Waals surface area (Å²) in [6, 6.07) is 7.42. The van der Waals surface area contributed by atoms with E-state index in [0.29, 0.717) is 36.7 Å². The van der Waals surface area contributed by atoms with E-state index in [-0.39, 0.29) is 5.78 Å². The average molecular weight is 260 g/mol. The van der Waals surface area contributed by atoms with Gasteiger partial charge in [0, 0.05) is 6.42 Å². The Labute approximate surface area is 109 Å². The highest BCUT2D eigenvalue weighted by atomic mass is 32.1. The third-order valence-corrected chi connectivity index (χ3v) is 3.54. The van der Waals surface area contributed by atoms with E-state index >= 15 is 0 Å². The lowest BCUT2D eigenvalue weighted by Crippen LogP contribution is -2.18. The minimum atomic E-state index is 0.0655. The number of benzene rings is 1. The molecule has 0 spiro atoms. The number of hydrogen-bond acceptors (Lipinski definition) is 4. The molecular weight excluding hydrogens is 248 g/mol. The van der Waals surface area contributed by atoms with E-state index < -0.39 is 0 Å². The molecule has 0 saturated heterocycles. The van der Waals surface area contributed by atoms with Crippen molar-refractivity contribution in [2.75, 3.05) is 13.2 Å². The molecule has 0 radical (unpaired) electrons. The van der Waals surface area contributed by atoms with Crippen molar-refractivity contribution in [1.82, 2.24) is 0 Å². The number of rotatable bonds is 3. The molecule has 0 bridgehead atoms. The number of para-hydroxylation sites is 1. The quantitative estimate of drug-likeness (QED) is 0.796. The van der Waals surface area contributed by atoms with Gasteiger partial charge in [-0.05, 0) is 34.5 Å². The predicted octanol–water partition coefficient (Wildman–Crippen LogP) is 2.94. The maximum atomic E-state index is 12.3. The lowest BCUT2D eigenvalue weighted by Gasteiger charge is -2.20. The van der Waals surface area contributed by atoms with Gasteiger partial charge in [-0.15, -0.1) is 0 Å². The number of thiophene rings is 1. The molecule has 1 aromatic heterocycles. The van der Waals surface area contributed by atoms with Gasteiger partial charge in [0.1, 0.15) is 13.2 Å². The van der Waals surface area contributed by atoms with Gasteiger partial charge >= 0.3 is 0 Å². The Kier molecular flexibility index (Phi) is 3.02. The van der Waals surface area contributed by atoms with Crippen LogP contribution in [-0.2, 0) is 6.42 Å². The van der Waals surface area contributed by atoms with Crippen LogP contribution in [0.3, 0.4) is 0 Å². The van der Waals surface area contributed by atoms with Gasteiger partial charge in [-0.3, -0.25) is 4.79 Å². The minimum absolute atomic E-state index is 0.0655. The second-order valence-electron chi connectivity index (χ2n) is 4.06. The van der Waals surface area contributed by atoms with E-state index in [1.807, 2.05) is 29.0 Å².